The lowest BCUT2D eigenvalue weighted by Gasteiger charge is -2.53. The van der Waals surface area contributed by atoms with Crippen LogP contribution in [0.5, 0.6) is 5.75 Å². The summed E-state index contributed by atoms with van der Waals surface area (Å²) in [5.41, 5.74) is 1.78. The first-order chi connectivity index (χ1) is 15.1. The molecule has 1 saturated carbocycles. The highest BCUT2D eigenvalue weighted by Crippen LogP contribution is 2.43. The van der Waals surface area contributed by atoms with Crippen molar-refractivity contribution in [2.24, 2.45) is 5.92 Å². The highest BCUT2D eigenvalue weighted by molar-refractivity contribution is 5.98. The number of hydrogen-bond acceptors (Lipinski definition) is 5. The first-order valence-corrected chi connectivity index (χ1v) is 10.5. The van der Waals surface area contributed by atoms with Crippen molar-refractivity contribution in [2.45, 2.75) is 38.3 Å². The van der Waals surface area contributed by atoms with Crippen LogP contribution in [0.2, 0.25) is 0 Å². The third-order valence-corrected chi connectivity index (χ3v) is 6.14. The normalized spacial score (nSPS) is 22.0. The molecule has 0 spiro atoms. The number of nitrogens with zero attached hydrogens (tertiary/aromatic N) is 4. The Morgan fingerprint density at radius 3 is 2.58 bits per heavy atom. The summed E-state index contributed by atoms with van der Waals surface area (Å²) in [7, 11) is 0. The molecule has 158 valence electrons. The third-order valence-electron chi connectivity index (χ3n) is 6.14. The van der Waals surface area contributed by atoms with E-state index in [1.165, 1.54) is 12.1 Å². The molecule has 1 amide bonds. The van der Waals surface area contributed by atoms with Gasteiger partial charge in [-0.25, -0.2) is 19.3 Å². The fourth-order valence-corrected chi connectivity index (χ4v) is 4.58. The van der Waals surface area contributed by atoms with Crippen LogP contribution in [0.4, 0.5) is 4.39 Å². The second kappa shape index (κ2) is 8.06. The molecule has 1 aromatic carbocycles. The molecule has 2 saturated heterocycles. The number of halogens is 1. The van der Waals surface area contributed by atoms with E-state index in [0.717, 1.165) is 25.0 Å². The van der Waals surface area contributed by atoms with E-state index in [1.54, 1.807) is 30.6 Å². The van der Waals surface area contributed by atoms with E-state index in [1.807, 2.05) is 24.0 Å². The Morgan fingerprint density at radius 2 is 1.84 bits per heavy atom. The summed E-state index contributed by atoms with van der Waals surface area (Å²) in [6.07, 6.45) is 6.25. The van der Waals surface area contributed by atoms with E-state index in [9.17, 15) is 9.18 Å². The largest absolute Gasteiger partial charge is 0.491 e. The molecule has 7 heteroatoms. The minimum absolute atomic E-state index is 0.0538. The number of benzene rings is 1. The minimum atomic E-state index is -0.302. The van der Waals surface area contributed by atoms with Crippen molar-refractivity contribution in [1.29, 1.82) is 0 Å². The molecule has 1 aliphatic carbocycles. The Morgan fingerprint density at radius 1 is 1.10 bits per heavy atom. The average molecular weight is 418 g/mol. The highest BCUT2D eigenvalue weighted by Gasteiger charge is 2.47. The van der Waals surface area contributed by atoms with Crippen molar-refractivity contribution < 1.29 is 13.9 Å². The first kappa shape index (κ1) is 19.6. The molecule has 6 rings (SSSR count). The van der Waals surface area contributed by atoms with Gasteiger partial charge in [-0.15, -0.1) is 0 Å². The Labute approximate surface area is 180 Å². The molecule has 0 radical (unpaired) electrons. The van der Waals surface area contributed by atoms with Gasteiger partial charge < -0.3 is 9.64 Å². The van der Waals surface area contributed by atoms with Crippen LogP contribution in [0.1, 0.15) is 35.4 Å². The van der Waals surface area contributed by atoms with E-state index in [4.69, 9.17) is 4.74 Å². The topological polar surface area (TPSA) is 68.2 Å². The number of carbonyl (C=O) groups excluding carboxylic acids is 1. The summed E-state index contributed by atoms with van der Waals surface area (Å²) < 4.78 is 19.1. The van der Waals surface area contributed by atoms with Crippen LogP contribution in [-0.4, -0.2) is 44.4 Å². The molecule has 6 nitrogen and oxygen atoms in total. The van der Waals surface area contributed by atoms with E-state index in [-0.39, 0.29) is 23.8 Å². The number of piperidine rings is 2. The lowest BCUT2D eigenvalue weighted by Crippen LogP contribution is -2.60. The number of aryl methyl sites for hydroxylation is 1. The number of aromatic nitrogens is 3. The average Bonchev–Trinajstić information content (AvgIpc) is 2.78. The number of pyridine rings is 1. The van der Waals surface area contributed by atoms with Crippen LogP contribution in [0.3, 0.4) is 0 Å². The Hall–Kier alpha value is -3.35. The highest BCUT2D eigenvalue weighted by atomic mass is 19.1. The third kappa shape index (κ3) is 3.87. The molecular weight excluding hydrogens is 395 g/mol. The van der Waals surface area contributed by atoms with Crippen molar-refractivity contribution in [1.82, 2.24) is 19.9 Å². The number of fused-ring (bicyclic) bond motifs is 2. The molecule has 31 heavy (non-hydrogen) atoms. The van der Waals surface area contributed by atoms with Gasteiger partial charge in [-0.1, -0.05) is 0 Å². The van der Waals surface area contributed by atoms with E-state index < -0.39 is 0 Å². The maximum absolute atomic E-state index is 13.8. The van der Waals surface area contributed by atoms with Crippen molar-refractivity contribution in [3.05, 3.63) is 72.1 Å². The fraction of sp³-hybridized carbons (Fsp3) is 0.333. The molecule has 2 aromatic heterocycles. The Bertz CT molecular complexity index is 1080. The fourth-order valence-electron chi connectivity index (χ4n) is 4.58. The van der Waals surface area contributed by atoms with Gasteiger partial charge in [-0.3, -0.25) is 4.79 Å². The van der Waals surface area contributed by atoms with Gasteiger partial charge in [0, 0.05) is 24.1 Å². The van der Waals surface area contributed by atoms with Crippen molar-refractivity contribution >= 4 is 5.91 Å². The summed E-state index contributed by atoms with van der Waals surface area (Å²) in [5.74, 6) is 1.30. The zero-order valence-corrected chi connectivity index (χ0v) is 17.2. The lowest BCUT2D eigenvalue weighted by molar-refractivity contribution is -0.0309. The lowest BCUT2D eigenvalue weighted by atomic mass is 9.70. The van der Waals surface area contributed by atoms with Gasteiger partial charge in [-0.2, -0.15) is 0 Å². The molecule has 1 unspecified atom stereocenters. The Balaban J connectivity index is 1.43. The molecule has 0 N–H and O–H groups in total. The standard InChI is InChI=1S/C24H23FN4O2/c1-15-3-8-21(23-26-9-2-10-27-23)22(28-15)24(30)29-18-11-16(12-18)13-19(29)14-31-20-6-4-17(25)5-7-20/h2-10,16,18-19H,11-14H2,1H3. The van der Waals surface area contributed by atoms with Gasteiger partial charge in [-0.05, 0) is 74.6 Å². The first-order valence-electron chi connectivity index (χ1n) is 10.5. The summed E-state index contributed by atoms with van der Waals surface area (Å²) >= 11 is 0. The van der Waals surface area contributed by atoms with Gasteiger partial charge in [0.2, 0.25) is 0 Å². The number of amides is 1. The van der Waals surface area contributed by atoms with Crippen LogP contribution >= 0.6 is 0 Å². The molecule has 1 atom stereocenters. The zero-order chi connectivity index (χ0) is 21.4. The van der Waals surface area contributed by atoms with E-state index in [0.29, 0.717) is 35.4 Å². The minimum Gasteiger partial charge on any atom is -0.491 e. The number of ether oxygens (including phenoxy) is 1. The molecule has 3 fully saturated rings. The van der Waals surface area contributed by atoms with Crippen molar-refractivity contribution in [3.8, 4) is 17.1 Å². The van der Waals surface area contributed by atoms with Crippen LogP contribution in [0.25, 0.3) is 11.4 Å². The molecule has 3 aliphatic rings. The Kier molecular flexibility index (Phi) is 5.10. The number of rotatable bonds is 5. The van der Waals surface area contributed by atoms with E-state index in [2.05, 4.69) is 15.0 Å². The number of carbonyl (C=O) groups is 1. The van der Waals surface area contributed by atoms with Crippen LogP contribution in [-0.2, 0) is 0 Å². The second-order valence-electron chi connectivity index (χ2n) is 8.28. The quantitative estimate of drug-likeness (QED) is 0.625. The van der Waals surface area contributed by atoms with Crippen molar-refractivity contribution in [2.75, 3.05) is 6.61 Å². The smallest absolute Gasteiger partial charge is 0.273 e. The van der Waals surface area contributed by atoms with Gasteiger partial charge in [0.1, 0.15) is 23.9 Å². The summed E-state index contributed by atoms with van der Waals surface area (Å²) in [6.45, 7) is 2.24. The molecule has 2 bridgehead atoms. The van der Waals surface area contributed by atoms with Crippen molar-refractivity contribution in [3.63, 3.8) is 0 Å². The maximum atomic E-state index is 13.8. The van der Waals surface area contributed by atoms with Gasteiger partial charge in [0.25, 0.3) is 5.91 Å². The molecule has 4 heterocycles. The molecule has 3 aromatic rings. The predicted molar refractivity (Wildman–Crippen MR) is 113 cm³/mol. The van der Waals surface area contributed by atoms with Crippen LogP contribution in [0, 0.1) is 18.7 Å². The summed E-state index contributed by atoms with van der Waals surface area (Å²) in [6, 6.07) is 11.6. The van der Waals surface area contributed by atoms with Crippen LogP contribution in [0.15, 0.2) is 54.9 Å². The second-order valence-corrected chi connectivity index (χ2v) is 8.28. The van der Waals surface area contributed by atoms with Gasteiger partial charge >= 0.3 is 0 Å². The molecule has 2 aliphatic heterocycles. The monoisotopic (exact) mass is 418 g/mol. The van der Waals surface area contributed by atoms with Gasteiger partial charge in [0.05, 0.1) is 11.6 Å². The van der Waals surface area contributed by atoms with E-state index >= 15 is 0 Å². The maximum Gasteiger partial charge on any atom is 0.273 e. The number of hydrogen-bond donors (Lipinski definition) is 0. The van der Waals surface area contributed by atoms with Crippen LogP contribution < -0.4 is 4.74 Å². The molecular formula is C24H23FN4O2. The summed E-state index contributed by atoms with van der Waals surface area (Å²) in [4.78, 5) is 28.9. The SMILES string of the molecule is Cc1ccc(-c2ncccn2)c(C(=O)N2C(COc3ccc(F)cc3)CC3CC2C3)n1. The predicted octanol–water partition coefficient (Wildman–Crippen LogP) is 4.06. The summed E-state index contributed by atoms with van der Waals surface area (Å²) in [5, 5.41) is 0. The zero-order valence-electron chi connectivity index (χ0n) is 17.2. The van der Waals surface area contributed by atoms with Gasteiger partial charge in [0.15, 0.2) is 5.82 Å².